The van der Waals surface area contributed by atoms with E-state index in [1.807, 2.05) is 0 Å². The molecule has 1 heterocycles. The summed E-state index contributed by atoms with van der Waals surface area (Å²) in [6.07, 6.45) is 1.92. The van der Waals surface area contributed by atoms with Crippen molar-refractivity contribution in [3.63, 3.8) is 0 Å². The highest BCUT2D eigenvalue weighted by Gasteiger charge is 2.20. The molecule has 3 rings (SSSR count). The van der Waals surface area contributed by atoms with Crippen LogP contribution in [0.1, 0.15) is 10.4 Å². The van der Waals surface area contributed by atoms with Gasteiger partial charge in [-0.25, -0.2) is 31.3 Å². The predicted octanol–water partition coefficient (Wildman–Crippen LogP) is 5.61. The third kappa shape index (κ3) is 5.44. The molecule has 168 valence electrons. The summed E-state index contributed by atoms with van der Waals surface area (Å²) in [4.78, 5) is 15.9. The van der Waals surface area contributed by atoms with Crippen LogP contribution in [0, 0.1) is 17.5 Å². The Hall–Kier alpha value is -2.53. The molecule has 0 atom stereocenters. The highest BCUT2D eigenvalue weighted by Crippen LogP contribution is 2.37. The molecule has 0 fully saturated rings. The molecule has 13 heteroatoms. The highest BCUT2D eigenvalue weighted by atomic mass is 35.5. The fraction of sp³-hybridized carbons (Fsp3) is 0.0526. The number of nitrogens with one attached hydrogen (secondary N) is 1. The van der Waals surface area contributed by atoms with Gasteiger partial charge in [-0.3, -0.25) is 4.79 Å². The Morgan fingerprint density at radius 2 is 1.69 bits per heavy atom. The second-order valence-electron chi connectivity index (χ2n) is 6.33. The first-order valence-electron chi connectivity index (χ1n) is 8.35. The van der Waals surface area contributed by atoms with E-state index in [4.69, 9.17) is 39.5 Å². The molecule has 1 N–H and O–H groups in total. The first-order chi connectivity index (χ1) is 14.9. The summed E-state index contributed by atoms with van der Waals surface area (Å²) in [5, 5.41) is -0.716. The zero-order valence-corrected chi connectivity index (χ0v) is 18.8. The molecule has 0 radical (unpaired) electrons. The van der Waals surface area contributed by atoms with Crippen molar-refractivity contribution in [2.24, 2.45) is 0 Å². The number of hydrogen-bond acceptors (Lipinski definition) is 5. The number of sulfonamides is 1. The van der Waals surface area contributed by atoms with Crippen molar-refractivity contribution in [1.82, 2.24) is 9.71 Å². The molecule has 0 spiro atoms. The second kappa shape index (κ2) is 9.14. The number of carbonyl (C=O) groups excluding carboxylic acids is 1. The topological polar surface area (TPSA) is 85.4 Å². The van der Waals surface area contributed by atoms with Gasteiger partial charge in [-0.2, -0.15) is 0 Å². The van der Waals surface area contributed by atoms with Gasteiger partial charge in [-0.05, 0) is 18.2 Å². The normalized spacial score (nSPS) is 11.3. The molecular weight excluding hydrogens is 516 g/mol. The number of carbonyl (C=O) groups is 1. The number of halogens is 6. The van der Waals surface area contributed by atoms with Crippen LogP contribution in [0.25, 0.3) is 11.1 Å². The molecule has 32 heavy (non-hydrogen) atoms. The minimum absolute atomic E-state index is 0.0795. The number of amides is 1. The van der Waals surface area contributed by atoms with E-state index in [0.29, 0.717) is 6.07 Å². The number of aromatic nitrogens is 1. The summed E-state index contributed by atoms with van der Waals surface area (Å²) in [6.45, 7) is 0. The van der Waals surface area contributed by atoms with E-state index < -0.39 is 44.0 Å². The van der Waals surface area contributed by atoms with Crippen LogP contribution in [-0.2, 0) is 10.0 Å². The monoisotopic (exact) mass is 524 g/mol. The summed E-state index contributed by atoms with van der Waals surface area (Å²) in [7, 11) is -3.92. The number of benzene rings is 2. The Balaban J connectivity index is 1.94. The van der Waals surface area contributed by atoms with Gasteiger partial charge in [-0.15, -0.1) is 0 Å². The number of hydrogen-bond donors (Lipinski definition) is 1. The molecule has 0 saturated heterocycles. The molecular formula is C19H10Cl3F3N2O4S. The largest absolute Gasteiger partial charge is 0.436 e. The molecule has 3 aromatic rings. The van der Waals surface area contributed by atoms with Gasteiger partial charge in [0.05, 0.1) is 11.8 Å². The Kier molecular flexibility index (Phi) is 6.89. The van der Waals surface area contributed by atoms with Gasteiger partial charge in [-0.1, -0.05) is 34.8 Å². The number of rotatable bonds is 5. The lowest BCUT2D eigenvalue weighted by Crippen LogP contribution is -2.30. The Labute approximate surface area is 194 Å². The first kappa shape index (κ1) is 24.1. The van der Waals surface area contributed by atoms with Gasteiger partial charge in [0.25, 0.3) is 5.91 Å². The van der Waals surface area contributed by atoms with E-state index >= 15 is 0 Å². The maximum atomic E-state index is 14.5. The lowest BCUT2D eigenvalue weighted by Gasteiger charge is -2.12. The van der Waals surface area contributed by atoms with Crippen molar-refractivity contribution in [2.75, 3.05) is 6.26 Å². The predicted molar refractivity (Wildman–Crippen MR) is 113 cm³/mol. The average molecular weight is 526 g/mol. The fourth-order valence-corrected chi connectivity index (χ4v) is 3.60. The van der Waals surface area contributed by atoms with Crippen molar-refractivity contribution >= 4 is 50.7 Å². The average Bonchev–Trinajstić information content (AvgIpc) is 2.67. The van der Waals surface area contributed by atoms with Gasteiger partial charge in [0.1, 0.15) is 27.5 Å². The van der Waals surface area contributed by atoms with Crippen LogP contribution in [0.4, 0.5) is 13.2 Å². The first-order valence-corrected chi connectivity index (χ1v) is 11.4. The van der Waals surface area contributed by atoms with Crippen molar-refractivity contribution in [1.29, 1.82) is 0 Å². The molecule has 0 saturated carbocycles. The zero-order valence-electron chi connectivity index (χ0n) is 15.7. The molecule has 0 unspecified atom stereocenters. The minimum atomic E-state index is -3.92. The molecule has 6 nitrogen and oxygen atoms in total. The lowest BCUT2D eigenvalue weighted by atomic mass is 10.0. The standard InChI is InChI=1S/C19H10Cl3F3N2O4S/c1-32(29,30)27-18(28)11-5-12(20)10(6-14(11)24)8-2-13(21)19(26-7-8)31-16-4-9(23)3-15(25)17(16)22/h2-7H,1H3,(H,27,28). The van der Waals surface area contributed by atoms with Crippen molar-refractivity contribution in [3.8, 4) is 22.8 Å². The van der Waals surface area contributed by atoms with Crippen LogP contribution in [0.3, 0.4) is 0 Å². The quantitative estimate of drug-likeness (QED) is 0.438. The number of nitrogens with zero attached hydrogens (tertiary/aromatic N) is 1. The van der Waals surface area contributed by atoms with Gasteiger partial charge < -0.3 is 4.74 Å². The maximum absolute atomic E-state index is 14.5. The molecule has 0 aliphatic rings. The van der Waals surface area contributed by atoms with Crippen LogP contribution in [-0.4, -0.2) is 25.6 Å². The fourth-order valence-electron chi connectivity index (χ4n) is 2.52. The van der Waals surface area contributed by atoms with Crippen molar-refractivity contribution in [2.45, 2.75) is 0 Å². The highest BCUT2D eigenvalue weighted by molar-refractivity contribution is 7.89. The van der Waals surface area contributed by atoms with E-state index in [1.165, 1.54) is 12.3 Å². The van der Waals surface area contributed by atoms with E-state index in [9.17, 15) is 26.4 Å². The Morgan fingerprint density at radius 1 is 1.00 bits per heavy atom. The van der Waals surface area contributed by atoms with Crippen molar-refractivity contribution in [3.05, 3.63) is 74.6 Å². The molecule has 2 aromatic carbocycles. The van der Waals surface area contributed by atoms with Gasteiger partial charge in [0.2, 0.25) is 15.9 Å². The minimum Gasteiger partial charge on any atom is -0.436 e. The number of ether oxygens (including phenoxy) is 1. The molecule has 1 aromatic heterocycles. The molecule has 1 amide bonds. The summed E-state index contributed by atoms with van der Waals surface area (Å²) in [6, 6.07) is 4.53. The maximum Gasteiger partial charge on any atom is 0.267 e. The lowest BCUT2D eigenvalue weighted by molar-refractivity contribution is 0.0978. The third-order valence-electron chi connectivity index (χ3n) is 3.86. The molecule has 0 aliphatic carbocycles. The van der Waals surface area contributed by atoms with Crippen LogP contribution < -0.4 is 9.46 Å². The molecule has 0 bridgehead atoms. The Bertz CT molecular complexity index is 1350. The van der Waals surface area contributed by atoms with Crippen LogP contribution in [0.15, 0.2) is 36.5 Å². The third-order valence-corrected chi connectivity index (χ3v) is 5.37. The summed E-state index contributed by atoms with van der Waals surface area (Å²) < 4.78 is 70.7. The number of pyridine rings is 1. The van der Waals surface area contributed by atoms with E-state index in [-0.39, 0.29) is 32.8 Å². The summed E-state index contributed by atoms with van der Waals surface area (Å²) >= 11 is 18.0. The van der Waals surface area contributed by atoms with Gasteiger partial charge in [0.15, 0.2) is 5.75 Å². The Morgan fingerprint density at radius 3 is 2.31 bits per heavy atom. The van der Waals surface area contributed by atoms with Crippen LogP contribution in [0.2, 0.25) is 15.1 Å². The van der Waals surface area contributed by atoms with Crippen LogP contribution in [0.5, 0.6) is 11.6 Å². The SMILES string of the molecule is CS(=O)(=O)NC(=O)c1cc(Cl)c(-c2cnc(Oc3cc(F)cc(F)c3Cl)c(Cl)c2)cc1F. The molecule has 0 aliphatic heterocycles. The second-order valence-corrected chi connectivity index (χ2v) is 9.27. The zero-order chi connectivity index (χ0) is 23.8. The summed E-state index contributed by atoms with van der Waals surface area (Å²) in [5.41, 5.74) is -0.306. The smallest absolute Gasteiger partial charge is 0.267 e. The van der Waals surface area contributed by atoms with E-state index in [1.54, 1.807) is 4.72 Å². The van der Waals surface area contributed by atoms with Gasteiger partial charge in [0, 0.05) is 34.5 Å². The van der Waals surface area contributed by atoms with Crippen molar-refractivity contribution < 1.29 is 31.1 Å². The van der Waals surface area contributed by atoms with Crippen LogP contribution >= 0.6 is 34.8 Å². The van der Waals surface area contributed by atoms with Gasteiger partial charge >= 0.3 is 0 Å². The van der Waals surface area contributed by atoms with E-state index in [2.05, 4.69) is 4.98 Å². The summed E-state index contributed by atoms with van der Waals surface area (Å²) in [5.74, 6) is -4.84. The van der Waals surface area contributed by atoms with E-state index in [0.717, 1.165) is 24.5 Å².